The van der Waals surface area contributed by atoms with Gasteiger partial charge in [0.15, 0.2) is 5.58 Å². The number of aromatic nitrogens is 4. The number of rotatable bonds is 5. The Morgan fingerprint density at radius 3 is 2.66 bits per heavy atom. The second-order valence-electron chi connectivity index (χ2n) is 8.83. The van der Waals surface area contributed by atoms with Gasteiger partial charge in [-0.05, 0) is 37.5 Å². The van der Waals surface area contributed by atoms with Crippen LogP contribution in [0.2, 0.25) is 0 Å². The summed E-state index contributed by atoms with van der Waals surface area (Å²) in [4.78, 5) is 27.0. The molecule has 3 aromatic heterocycles. The highest BCUT2D eigenvalue weighted by molar-refractivity contribution is 6.06. The number of hydrogen-bond acceptors (Lipinski definition) is 8. The molecule has 2 aliphatic heterocycles. The number of morpholine rings is 1. The van der Waals surface area contributed by atoms with Gasteiger partial charge in [-0.2, -0.15) is 10.1 Å². The lowest BCUT2D eigenvalue weighted by Crippen LogP contribution is -2.36. The van der Waals surface area contributed by atoms with Gasteiger partial charge in [0.25, 0.3) is 11.9 Å². The molecule has 2 aliphatic rings. The fourth-order valence-corrected chi connectivity index (χ4v) is 4.64. The molecule has 1 aromatic carbocycles. The monoisotopic (exact) mass is 473 g/mol. The number of nitrogens with zero attached hydrogens (tertiary/aromatic N) is 5. The number of anilines is 3. The number of piperidine rings is 1. The molecular weight excluding hydrogens is 446 g/mol. The molecule has 4 aromatic rings. The highest BCUT2D eigenvalue weighted by Crippen LogP contribution is 2.35. The number of carbonyl (C=O) groups excluding carboxylic acids is 1. The minimum atomic E-state index is -0.277. The van der Waals surface area contributed by atoms with E-state index in [9.17, 15) is 4.79 Å². The smallest absolute Gasteiger partial charge is 0.298 e. The van der Waals surface area contributed by atoms with Crippen molar-refractivity contribution in [2.45, 2.75) is 19.3 Å². The Bertz CT molecular complexity index is 1320. The van der Waals surface area contributed by atoms with E-state index in [1.165, 1.54) is 6.42 Å². The first-order valence-electron chi connectivity index (χ1n) is 12.0. The van der Waals surface area contributed by atoms with Crippen molar-refractivity contribution in [1.82, 2.24) is 20.2 Å². The van der Waals surface area contributed by atoms with E-state index >= 15 is 0 Å². The lowest BCUT2D eigenvalue weighted by Gasteiger charge is -2.30. The predicted octanol–water partition coefficient (Wildman–Crippen LogP) is 3.69. The number of oxazole rings is 1. The number of H-pyrrole nitrogens is 1. The fraction of sp³-hybridized carbons (Fsp3) is 0.360. The van der Waals surface area contributed by atoms with Crippen LogP contribution in [0.4, 0.5) is 17.4 Å². The van der Waals surface area contributed by atoms with Gasteiger partial charge in [-0.1, -0.05) is 6.07 Å². The van der Waals surface area contributed by atoms with Gasteiger partial charge in [0, 0.05) is 44.0 Å². The summed E-state index contributed by atoms with van der Waals surface area (Å²) in [5.74, 6) is -0.277. The first-order chi connectivity index (χ1) is 17.2. The van der Waals surface area contributed by atoms with Crippen molar-refractivity contribution in [3.8, 4) is 11.3 Å². The van der Waals surface area contributed by atoms with Crippen LogP contribution >= 0.6 is 0 Å². The standard InChI is InChI=1S/C25H27N7O3/c33-24(19-6-4-5-18(28-19)17-15-26-27-16-17)29-20-14-23-21(13-22(20)31-7-2-1-3-8-31)30-25(35-23)32-9-11-34-12-10-32/h4-6,13-16H,1-3,7-12H2,(H,26,27)(H,29,33). The van der Waals surface area contributed by atoms with E-state index in [4.69, 9.17) is 14.1 Å². The van der Waals surface area contributed by atoms with Gasteiger partial charge in [0.05, 0.1) is 36.5 Å². The average molecular weight is 474 g/mol. The maximum atomic E-state index is 13.3. The van der Waals surface area contributed by atoms with Crippen molar-refractivity contribution in [2.75, 3.05) is 54.5 Å². The topological polar surface area (TPSA) is 112 Å². The van der Waals surface area contributed by atoms with Gasteiger partial charge in [0.1, 0.15) is 11.2 Å². The average Bonchev–Trinajstić information content (AvgIpc) is 3.60. The number of carbonyl (C=O) groups is 1. The van der Waals surface area contributed by atoms with Gasteiger partial charge in [-0.15, -0.1) is 0 Å². The van der Waals surface area contributed by atoms with Crippen LogP contribution in [0, 0.1) is 0 Å². The Morgan fingerprint density at radius 2 is 1.86 bits per heavy atom. The van der Waals surface area contributed by atoms with Gasteiger partial charge in [-0.25, -0.2) is 4.98 Å². The van der Waals surface area contributed by atoms with Crippen LogP contribution in [0.5, 0.6) is 0 Å². The van der Waals surface area contributed by atoms with E-state index in [1.54, 1.807) is 18.5 Å². The molecule has 2 saturated heterocycles. The third-order valence-electron chi connectivity index (χ3n) is 6.50. The molecule has 2 fully saturated rings. The first-order valence-corrected chi connectivity index (χ1v) is 12.0. The van der Waals surface area contributed by atoms with Crippen LogP contribution in [-0.4, -0.2) is 65.5 Å². The summed E-state index contributed by atoms with van der Waals surface area (Å²) in [7, 11) is 0. The Kier molecular flexibility index (Phi) is 5.79. The molecule has 35 heavy (non-hydrogen) atoms. The largest absolute Gasteiger partial charge is 0.423 e. The van der Waals surface area contributed by atoms with Gasteiger partial charge >= 0.3 is 0 Å². The number of aromatic amines is 1. The molecule has 0 saturated carbocycles. The minimum absolute atomic E-state index is 0.277. The lowest BCUT2D eigenvalue weighted by atomic mass is 10.1. The maximum Gasteiger partial charge on any atom is 0.298 e. The molecule has 10 nitrogen and oxygen atoms in total. The summed E-state index contributed by atoms with van der Waals surface area (Å²) in [6.45, 7) is 4.68. The molecule has 0 radical (unpaired) electrons. The second-order valence-corrected chi connectivity index (χ2v) is 8.83. The van der Waals surface area contributed by atoms with E-state index in [2.05, 4.69) is 30.3 Å². The van der Waals surface area contributed by atoms with Crippen molar-refractivity contribution in [3.05, 3.63) is 48.4 Å². The molecule has 0 aliphatic carbocycles. The van der Waals surface area contributed by atoms with E-state index in [0.29, 0.717) is 41.9 Å². The zero-order valence-electron chi connectivity index (χ0n) is 19.4. The van der Waals surface area contributed by atoms with Gasteiger partial charge in [-0.3, -0.25) is 9.89 Å². The van der Waals surface area contributed by atoms with Crippen LogP contribution in [0.15, 0.2) is 47.1 Å². The Labute approximate surface area is 202 Å². The van der Waals surface area contributed by atoms with Crippen LogP contribution < -0.4 is 15.1 Å². The minimum Gasteiger partial charge on any atom is -0.423 e. The normalized spacial score (nSPS) is 16.6. The Balaban J connectivity index is 1.34. The number of nitrogens with one attached hydrogen (secondary N) is 2. The zero-order chi connectivity index (χ0) is 23.6. The maximum absolute atomic E-state index is 13.3. The number of hydrogen-bond donors (Lipinski definition) is 2. The number of pyridine rings is 1. The predicted molar refractivity (Wildman–Crippen MR) is 133 cm³/mol. The molecule has 10 heteroatoms. The van der Waals surface area contributed by atoms with Crippen LogP contribution in [0.25, 0.3) is 22.4 Å². The van der Waals surface area contributed by atoms with Crippen LogP contribution in [0.1, 0.15) is 29.8 Å². The number of ether oxygens (including phenoxy) is 1. The summed E-state index contributed by atoms with van der Waals surface area (Å²) in [6, 6.07) is 9.89. The second kappa shape index (κ2) is 9.38. The quantitative estimate of drug-likeness (QED) is 0.451. The summed E-state index contributed by atoms with van der Waals surface area (Å²) in [5.41, 5.74) is 4.92. The summed E-state index contributed by atoms with van der Waals surface area (Å²) in [5, 5.41) is 9.84. The highest BCUT2D eigenvalue weighted by atomic mass is 16.5. The number of amides is 1. The molecule has 1 amide bonds. The first kappa shape index (κ1) is 21.6. The van der Waals surface area contributed by atoms with Crippen molar-refractivity contribution in [1.29, 1.82) is 0 Å². The molecule has 0 bridgehead atoms. The zero-order valence-corrected chi connectivity index (χ0v) is 19.4. The number of fused-ring (bicyclic) bond motifs is 1. The van der Waals surface area contributed by atoms with Gasteiger partial charge in [0.2, 0.25) is 0 Å². The summed E-state index contributed by atoms with van der Waals surface area (Å²) < 4.78 is 11.6. The number of benzene rings is 1. The highest BCUT2D eigenvalue weighted by Gasteiger charge is 2.22. The fourth-order valence-electron chi connectivity index (χ4n) is 4.64. The van der Waals surface area contributed by atoms with E-state index < -0.39 is 0 Å². The molecule has 0 atom stereocenters. The van der Waals surface area contributed by atoms with Gasteiger partial charge < -0.3 is 24.3 Å². The third-order valence-corrected chi connectivity index (χ3v) is 6.50. The summed E-state index contributed by atoms with van der Waals surface area (Å²) in [6.07, 6.45) is 6.90. The molecule has 180 valence electrons. The molecular formula is C25H27N7O3. The Morgan fingerprint density at radius 1 is 1.00 bits per heavy atom. The van der Waals surface area contributed by atoms with Crippen molar-refractivity contribution in [2.24, 2.45) is 0 Å². The van der Waals surface area contributed by atoms with Crippen molar-refractivity contribution in [3.63, 3.8) is 0 Å². The molecule has 0 spiro atoms. The summed E-state index contributed by atoms with van der Waals surface area (Å²) >= 11 is 0. The Hall–Kier alpha value is -3.92. The molecule has 5 heterocycles. The van der Waals surface area contributed by atoms with Crippen LogP contribution in [-0.2, 0) is 4.74 Å². The van der Waals surface area contributed by atoms with E-state index in [0.717, 1.165) is 55.8 Å². The van der Waals surface area contributed by atoms with E-state index in [1.807, 2.05) is 24.3 Å². The molecule has 6 rings (SSSR count). The SMILES string of the molecule is O=C(Nc1cc2oc(N3CCOCC3)nc2cc1N1CCCCC1)c1cccc(-c2cn[nH]c2)n1. The lowest BCUT2D eigenvalue weighted by molar-refractivity contribution is 0.102. The molecule has 0 unspecified atom stereocenters. The third kappa shape index (κ3) is 4.44. The van der Waals surface area contributed by atoms with Crippen molar-refractivity contribution >= 4 is 34.4 Å². The molecule has 2 N–H and O–H groups in total. The van der Waals surface area contributed by atoms with E-state index in [-0.39, 0.29) is 5.91 Å². The van der Waals surface area contributed by atoms with Crippen molar-refractivity contribution < 1.29 is 13.9 Å². The van der Waals surface area contributed by atoms with Crippen LogP contribution in [0.3, 0.4) is 0 Å².